The van der Waals surface area contributed by atoms with Crippen LogP contribution in [0.5, 0.6) is 0 Å². The van der Waals surface area contributed by atoms with E-state index < -0.39 is 12.0 Å². The molecule has 1 aliphatic rings. The number of anilines is 1. The number of benzene rings is 3. The second kappa shape index (κ2) is 13.1. The van der Waals surface area contributed by atoms with E-state index in [2.05, 4.69) is 27.2 Å². The molecule has 3 aromatic carbocycles. The third-order valence-electron chi connectivity index (χ3n) is 8.08. The number of aromatic nitrogens is 2. The Morgan fingerprint density at radius 2 is 1.60 bits per heavy atom. The molecule has 0 spiro atoms. The van der Waals surface area contributed by atoms with E-state index in [1.165, 1.54) is 7.11 Å². The van der Waals surface area contributed by atoms with Crippen molar-refractivity contribution in [1.82, 2.24) is 19.4 Å². The van der Waals surface area contributed by atoms with E-state index in [1.807, 2.05) is 81.7 Å². The highest BCUT2D eigenvalue weighted by molar-refractivity contribution is 5.91. The van der Waals surface area contributed by atoms with Crippen molar-refractivity contribution in [3.63, 3.8) is 0 Å². The van der Waals surface area contributed by atoms with Crippen LogP contribution in [-0.4, -0.2) is 59.2 Å². The molecule has 0 bridgehead atoms. The summed E-state index contributed by atoms with van der Waals surface area (Å²) in [5, 5.41) is 3.07. The molecule has 0 aliphatic carbocycles. The zero-order valence-electron chi connectivity index (χ0n) is 25.2. The Hall–Kier alpha value is -4.63. The number of methoxy groups -OCH3 is 1. The van der Waals surface area contributed by atoms with Gasteiger partial charge >= 0.3 is 11.7 Å². The topological polar surface area (TPSA) is 88.8 Å². The van der Waals surface area contributed by atoms with Crippen LogP contribution >= 0.6 is 0 Å². The van der Waals surface area contributed by atoms with E-state index >= 15 is 0 Å². The minimum atomic E-state index is -0.463. The Morgan fingerprint density at radius 3 is 2.26 bits per heavy atom. The maximum Gasteiger partial charge on any atom is 0.338 e. The standard InChI is InChI=1S/C34H39N5O4/c1-24(2)38-20-21-39(34(38)42)30-15-14-28(22-25(30)3)36-16-18-37(19-17-36)31(26-10-6-5-7-11-26)32(40)35-23-27-12-8-9-13-29(27)33(41)43-4/h5-15,20-22,24,31H,16-19,23H2,1-4H3,(H,35,40). The highest BCUT2D eigenvalue weighted by atomic mass is 16.5. The van der Waals surface area contributed by atoms with E-state index in [9.17, 15) is 14.4 Å². The normalized spacial score (nSPS) is 14.5. The van der Waals surface area contributed by atoms with Gasteiger partial charge in [0, 0.05) is 56.8 Å². The Kier molecular flexibility index (Phi) is 9.11. The zero-order chi connectivity index (χ0) is 30.5. The second-order valence-electron chi connectivity index (χ2n) is 11.1. The number of esters is 1. The summed E-state index contributed by atoms with van der Waals surface area (Å²) in [4.78, 5) is 43.3. The molecule has 0 saturated carbocycles. The molecular weight excluding hydrogens is 542 g/mol. The Bertz CT molecular complexity index is 1630. The maximum absolute atomic E-state index is 13.7. The molecule has 5 rings (SSSR count). The van der Waals surface area contributed by atoms with Crippen LogP contribution in [0.2, 0.25) is 0 Å². The summed E-state index contributed by atoms with van der Waals surface area (Å²) >= 11 is 0. The smallest absolute Gasteiger partial charge is 0.338 e. The minimum Gasteiger partial charge on any atom is -0.465 e. The van der Waals surface area contributed by atoms with E-state index in [4.69, 9.17) is 4.74 Å². The summed E-state index contributed by atoms with van der Waals surface area (Å²) in [6.07, 6.45) is 3.66. The number of nitrogens with zero attached hydrogens (tertiary/aromatic N) is 4. The van der Waals surface area contributed by atoms with Crippen LogP contribution in [-0.2, 0) is 16.1 Å². The first-order chi connectivity index (χ1) is 20.8. The van der Waals surface area contributed by atoms with E-state index in [1.54, 1.807) is 21.3 Å². The van der Waals surface area contributed by atoms with Gasteiger partial charge in [0.25, 0.3) is 0 Å². The molecule has 2 heterocycles. The largest absolute Gasteiger partial charge is 0.465 e. The molecule has 1 amide bonds. The quantitative estimate of drug-likeness (QED) is 0.293. The molecule has 43 heavy (non-hydrogen) atoms. The van der Waals surface area contributed by atoms with Crippen molar-refractivity contribution in [3.05, 3.63) is 118 Å². The summed E-state index contributed by atoms with van der Waals surface area (Å²) < 4.78 is 8.34. The molecule has 0 radical (unpaired) electrons. The van der Waals surface area contributed by atoms with Crippen molar-refractivity contribution >= 4 is 17.6 Å². The predicted octanol–water partition coefficient (Wildman–Crippen LogP) is 4.49. The van der Waals surface area contributed by atoms with E-state index in [0.29, 0.717) is 24.2 Å². The van der Waals surface area contributed by atoms with Gasteiger partial charge in [-0.1, -0.05) is 48.5 Å². The van der Waals surface area contributed by atoms with Crippen LogP contribution in [0.1, 0.15) is 53.0 Å². The van der Waals surface area contributed by atoms with Gasteiger partial charge in [-0.15, -0.1) is 0 Å². The lowest BCUT2D eigenvalue weighted by atomic mass is 10.0. The van der Waals surface area contributed by atoms with Gasteiger partial charge in [0.05, 0.1) is 18.4 Å². The number of rotatable bonds is 9. The molecule has 1 atom stereocenters. The van der Waals surface area contributed by atoms with Gasteiger partial charge in [-0.05, 0) is 61.7 Å². The molecule has 1 fully saturated rings. The number of carbonyl (C=O) groups excluding carboxylic acids is 2. The zero-order valence-corrected chi connectivity index (χ0v) is 25.2. The fourth-order valence-electron chi connectivity index (χ4n) is 5.74. The molecule has 1 N–H and O–H groups in total. The number of piperazine rings is 1. The van der Waals surface area contributed by atoms with Gasteiger partial charge in [0.2, 0.25) is 5.91 Å². The number of carbonyl (C=O) groups is 2. The molecular formula is C34H39N5O4. The van der Waals surface area contributed by atoms with Gasteiger partial charge in [0.1, 0.15) is 6.04 Å². The number of hydrogen-bond donors (Lipinski definition) is 1. The predicted molar refractivity (Wildman–Crippen MR) is 168 cm³/mol. The minimum absolute atomic E-state index is 0.0431. The average molecular weight is 582 g/mol. The molecule has 1 aliphatic heterocycles. The lowest BCUT2D eigenvalue weighted by Gasteiger charge is -2.40. The summed E-state index contributed by atoms with van der Waals surface area (Å²) in [7, 11) is 1.35. The van der Waals surface area contributed by atoms with Crippen molar-refractivity contribution in [2.45, 2.75) is 39.4 Å². The van der Waals surface area contributed by atoms with Gasteiger partial charge in [-0.25, -0.2) is 9.59 Å². The van der Waals surface area contributed by atoms with Crippen LogP contribution < -0.4 is 15.9 Å². The van der Waals surface area contributed by atoms with Crippen LogP contribution in [0.3, 0.4) is 0 Å². The third kappa shape index (κ3) is 6.41. The first-order valence-electron chi connectivity index (χ1n) is 14.7. The van der Waals surface area contributed by atoms with Crippen LogP contribution in [0.15, 0.2) is 90.0 Å². The van der Waals surface area contributed by atoms with Crippen molar-refractivity contribution in [1.29, 1.82) is 0 Å². The first-order valence-corrected chi connectivity index (χ1v) is 14.7. The monoisotopic (exact) mass is 581 g/mol. The number of aryl methyl sites for hydroxylation is 1. The number of imidazole rings is 1. The molecule has 224 valence electrons. The summed E-state index contributed by atoms with van der Waals surface area (Å²) in [6, 6.07) is 22.8. The van der Waals surface area contributed by atoms with E-state index in [-0.39, 0.29) is 24.2 Å². The lowest BCUT2D eigenvalue weighted by Crippen LogP contribution is -2.51. The van der Waals surface area contributed by atoms with Gasteiger partial charge in [-0.3, -0.25) is 18.8 Å². The fraction of sp³-hybridized carbons (Fsp3) is 0.324. The SMILES string of the molecule is COC(=O)c1ccccc1CNC(=O)C(c1ccccc1)N1CCN(c2ccc(-n3ccn(C(C)C)c3=O)c(C)c2)CC1. The van der Waals surface area contributed by atoms with Crippen molar-refractivity contribution in [2.75, 3.05) is 38.2 Å². The van der Waals surface area contributed by atoms with Crippen LogP contribution in [0.25, 0.3) is 5.69 Å². The third-order valence-corrected chi connectivity index (χ3v) is 8.08. The second-order valence-corrected chi connectivity index (χ2v) is 11.1. The van der Waals surface area contributed by atoms with Crippen LogP contribution in [0.4, 0.5) is 5.69 Å². The molecule has 9 heteroatoms. The van der Waals surface area contributed by atoms with Crippen molar-refractivity contribution in [3.8, 4) is 5.69 Å². The molecule has 1 saturated heterocycles. The van der Waals surface area contributed by atoms with Crippen molar-refractivity contribution < 1.29 is 14.3 Å². The summed E-state index contributed by atoms with van der Waals surface area (Å²) in [5.74, 6) is -0.539. The number of nitrogens with one attached hydrogen (secondary N) is 1. The number of hydrogen-bond acceptors (Lipinski definition) is 6. The molecule has 1 aromatic heterocycles. The van der Waals surface area contributed by atoms with Gasteiger partial charge in [0.15, 0.2) is 0 Å². The summed E-state index contributed by atoms with van der Waals surface area (Å²) in [6.45, 7) is 9.15. The van der Waals surface area contributed by atoms with Gasteiger partial charge < -0.3 is 15.0 Å². The average Bonchev–Trinajstić information content (AvgIpc) is 3.41. The fourth-order valence-corrected chi connectivity index (χ4v) is 5.74. The number of ether oxygens (including phenoxy) is 1. The Balaban J connectivity index is 1.29. The molecule has 9 nitrogen and oxygen atoms in total. The maximum atomic E-state index is 13.7. The van der Waals surface area contributed by atoms with Crippen LogP contribution in [0, 0.1) is 6.92 Å². The number of amides is 1. The molecule has 1 unspecified atom stereocenters. The summed E-state index contributed by atoms with van der Waals surface area (Å²) in [5.41, 5.74) is 5.03. The lowest BCUT2D eigenvalue weighted by molar-refractivity contribution is -0.127. The van der Waals surface area contributed by atoms with Crippen molar-refractivity contribution in [2.24, 2.45) is 0 Å². The Labute approximate surface area is 252 Å². The first kappa shape index (κ1) is 29.8. The highest BCUT2D eigenvalue weighted by Gasteiger charge is 2.31. The molecule has 4 aromatic rings. The van der Waals surface area contributed by atoms with Gasteiger partial charge in [-0.2, -0.15) is 0 Å². The van der Waals surface area contributed by atoms with E-state index in [0.717, 1.165) is 35.6 Å². The Morgan fingerprint density at radius 1 is 0.907 bits per heavy atom. The highest BCUT2D eigenvalue weighted by Crippen LogP contribution is 2.27.